The molecule has 0 rings (SSSR count). The molecule has 0 radical (unpaired) electrons. The van der Waals surface area contributed by atoms with Gasteiger partial charge in [0, 0.05) is 32.0 Å². The Kier molecular flexibility index (Phi) is 4.32. The zero-order valence-corrected chi connectivity index (χ0v) is 6.04. The number of aliphatic hydroxyl groups excluding tert-OH is 1. The third kappa shape index (κ3) is 3.09. The monoisotopic (exact) mass is 143 g/mol. The average Bonchev–Trinajstić information content (AvgIpc) is 1.89. The standard InChI is InChI=1S/C6H13N3O/c1-9-4-6(8)5(7)2-3-10/h4,10H,2-3,7-8H2,1H3. The Hall–Kier alpha value is -1.03. The Labute approximate surface area is 60.2 Å². The Balaban J connectivity index is 4.04. The number of nitrogens with zero attached hydrogens (tertiary/aromatic N) is 1. The van der Waals surface area contributed by atoms with Crippen LogP contribution in [0.25, 0.3) is 0 Å². The molecule has 4 nitrogen and oxygen atoms in total. The molecule has 0 atom stereocenters. The summed E-state index contributed by atoms with van der Waals surface area (Å²) in [5, 5.41) is 8.44. The summed E-state index contributed by atoms with van der Waals surface area (Å²) in [6.07, 6.45) is 1.86. The van der Waals surface area contributed by atoms with Crippen molar-refractivity contribution < 1.29 is 5.11 Å². The van der Waals surface area contributed by atoms with E-state index in [4.69, 9.17) is 16.6 Å². The van der Waals surface area contributed by atoms with Crippen molar-refractivity contribution in [2.45, 2.75) is 6.42 Å². The predicted molar refractivity (Wildman–Crippen MR) is 41.5 cm³/mol. The molecule has 4 heteroatoms. The highest BCUT2D eigenvalue weighted by atomic mass is 16.3. The van der Waals surface area contributed by atoms with Gasteiger partial charge in [0.2, 0.25) is 0 Å². The van der Waals surface area contributed by atoms with Crippen molar-refractivity contribution in [3.63, 3.8) is 0 Å². The minimum absolute atomic E-state index is 0.0179. The number of allylic oxidation sites excluding steroid dienone is 1. The first-order chi connectivity index (χ1) is 4.72. The molecule has 0 aromatic heterocycles. The zero-order chi connectivity index (χ0) is 7.98. The van der Waals surface area contributed by atoms with Crippen LogP contribution in [0, 0.1) is 0 Å². The van der Waals surface area contributed by atoms with Gasteiger partial charge < -0.3 is 16.6 Å². The zero-order valence-electron chi connectivity index (χ0n) is 6.04. The van der Waals surface area contributed by atoms with Crippen molar-refractivity contribution in [1.82, 2.24) is 0 Å². The molecule has 0 aromatic carbocycles. The smallest absolute Gasteiger partial charge is 0.0686 e. The van der Waals surface area contributed by atoms with Gasteiger partial charge >= 0.3 is 0 Å². The Morgan fingerprint density at radius 3 is 2.60 bits per heavy atom. The maximum absolute atomic E-state index is 8.44. The Morgan fingerprint density at radius 2 is 2.20 bits per heavy atom. The molecule has 0 unspecified atom stereocenters. The van der Waals surface area contributed by atoms with E-state index in [1.165, 1.54) is 6.21 Å². The highest BCUT2D eigenvalue weighted by molar-refractivity contribution is 5.77. The van der Waals surface area contributed by atoms with Crippen molar-refractivity contribution in [3.05, 3.63) is 11.4 Å². The van der Waals surface area contributed by atoms with Crippen LogP contribution in [-0.4, -0.2) is 25.0 Å². The molecular formula is C6H13N3O. The first-order valence-electron chi connectivity index (χ1n) is 2.99. The third-order valence-electron chi connectivity index (χ3n) is 1.02. The van der Waals surface area contributed by atoms with E-state index in [1.807, 2.05) is 0 Å². The SMILES string of the molecule is CN=CC(N)=C(N)CCO. The maximum atomic E-state index is 8.44. The summed E-state index contributed by atoms with van der Waals surface area (Å²) in [6, 6.07) is 0. The highest BCUT2D eigenvalue weighted by Crippen LogP contribution is 1.92. The van der Waals surface area contributed by atoms with Gasteiger partial charge in [-0.1, -0.05) is 0 Å². The van der Waals surface area contributed by atoms with E-state index < -0.39 is 0 Å². The summed E-state index contributed by atoms with van der Waals surface area (Å²) < 4.78 is 0. The van der Waals surface area contributed by atoms with Gasteiger partial charge in [-0.3, -0.25) is 4.99 Å². The Bertz CT molecular complexity index is 151. The fourth-order valence-electron chi connectivity index (χ4n) is 0.487. The first kappa shape index (κ1) is 8.97. The summed E-state index contributed by atoms with van der Waals surface area (Å²) in [7, 11) is 1.61. The molecule has 0 aliphatic heterocycles. The molecule has 0 fully saturated rings. The lowest BCUT2D eigenvalue weighted by atomic mass is 10.3. The number of aliphatic hydroxyl groups is 1. The van der Waals surface area contributed by atoms with E-state index >= 15 is 0 Å². The number of aliphatic imine (C=N–C) groups is 1. The predicted octanol–water partition coefficient (Wildman–Crippen LogP) is -0.802. The number of hydrogen-bond acceptors (Lipinski definition) is 4. The molecule has 0 saturated heterocycles. The van der Waals surface area contributed by atoms with Gasteiger partial charge in [0.15, 0.2) is 0 Å². The summed E-state index contributed by atoms with van der Waals surface area (Å²) in [4.78, 5) is 3.67. The lowest BCUT2D eigenvalue weighted by Gasteiger charge is -1.99. The van der Waals surface area contributed by atoms with E-state index in [-0.39, 0.29) is 6.61 Å². The van der Waals surface area contributed by atoms with E-state index in [2.05, 4.69) is 4.99 Å². The summed E-state index contributed by atoms with van der Waals surface area (Å²) in [6.45, 7) is 0.0179. The maximum Gasteiger partial charge on any atom is 0.0686 e. The van der Waals surface area contributed by atoms with Crippen LogP contribution in [-0.2, 0) is 0 Å². The second-order valence-electron chi connectivity index (χ2n) is 1.84. The van der Waals surface area contributed by atoms with Gasteiger partial charge in [0.25, 0.3) is 0 Å². The van der Waals surface area contributed by atoms with Crippen LogP contribution in [0.5, 0.6) is 0 Å². The van der Waals surface area contributed by atoms with Crippen LogP contribution in [0.4, 0.5) is 0 Å². The molecule has 58 valence electrons. The third-order valence-corrected chi connectivity index (χ3v) is 1.02. The van der Waals surface area contributed by atoms with Crippen molar-refractivity contribution in [1.29, 1.82) is 0 Å². The van der Waals surface area contributed by atoms with Crippen molar-refractivity contribution in [3.8, 4) is 0 Å². The second-order valence-corrected chi connectivity index (χ2v) is 1.84. The topological polar surface area (TPSA) is 84.6 Å². The largest absolute Gasteiger partial charge is 0.400 e. The van der Waals surface area contributed by atoms with Crippen LogP contribution >= 0.6 is 0 Å². The van der Waals surface area contributed by atoms with Gasteiger partial charge in [-0.15, -0.1) is 0 Å². The molecule has 0 aromatic rings. The molecule has 0 saturated carbocycles. The fraction of sp³-hybridized carbons (Fsp3) is 0.500. The van der Waals surface area contributed by atoms with Crippen LogP contribution in [0.15, 0.2) is 16.4 Å². The van der Waals surface area contributed by atoms with Crippen LogP contribution in [0.3, 0.4) is 0 Å². The molecule has 0 heterocycles. The van der Waals surface area contributed by atoms with E-state index in [0.29, 0.717) is 17.8 Å². The molecular weight excluding hydrogens is 130 g/mol. The number of rotatable bonds is 3. The van der Waals surface area contributed by atoms with Crippen LogP contribution in [0.2, 0.25) is 0 Å². The van der Waals surface area contributed by atoms with E-state index in [0.717, 1.165) is 0 Å². The summed E-state index contributed by atoms with van der Waals surface area (Å²) in [5.74, 6) is 0. The van der Waals surface area contributed by atoms with Crippen LogP contribution < -0.4 is 11.5 Å². The van der Waals surface area contributed by atoms with E-state index in [1.54, 1.807) is 7.05 Å². The molecule has 0 spiro atoms. The minimum atomic E-state index is 0.0179. The van der Waals surface area contributed by atoms with Gasteiger partial charge in [-0.05, 0) is 0 Å². The number of nitrogens with two attached hydrogens (primary N) is 2. The lowest BCUT2D eigenvalue weighted by Crippen LogP contribution is -2.11. The molecule has 5 N–H and O–H groups in total. The molecule has 0 amide bonds. The number of hydrogen-bond donors (Lipinski definition) is 3. The van der Waals surface area contributed by atoms with Crippen LogP contribution in [0.1, 0.15) is 6.42 Å². The fourth-order valence-corrected chi connectivity index (χ4v) is 0.487. The van der Waals surface area contributed by atoms with Gasteiger partial charge in [-0.25, -0.2) is 0 Å². The quantitative estimate of drug-likeness (QED) is 0.452. The average molecular weight is 143 g/mol. The highest BCUT2D eigenvalue weighted by Gasteiger charge is 1.93. The Morgan fingerprint density at radius 1 is 1.60 bits per heavy atom. The summed E-state index contributed by atoms with van der Waals surface area (Å²) in [5.41, 5.74) is 11.7. The van der Waals surface area contributed by atoms with Crippen molar-refractivity contribution in [2.75, 3.05) is 13.7 Å². The molecule has 0 bridgehead atoms. The first-order valence-corrected chi connectivity index (χ1v) is 2.99. The van der Waals surface area contributed by atoms with E-state index in [9.17, 15) is 0 Å². The molecule has 0 aliphatic rings. The minimum Gasteiger partial charge on any atom is -0.400 e. The molecule has 0 aliphatic carbocycles. The van der Waals surface area contributed by atoms with Crippen molar-refractivity contribution >= 4 is 6.21 Å². The normalized spacial score (nSPS) is 13.8. The van der Waals surface area contributed by atoms with Crippen molar-refractivity contribution in [2.24, 2.45) is 16.5 Å². The van der Waals surface area contributed by atoms with Gasteiger partial charge in [0.1, 0.15) is 0 Å². The van der Waals surface area contributed by atoms with Gasteiger partial charge in [0.05, 0.1) is 5.70 Å². The van der Waals surface area contributed by atoms with Gasteiger partial charge in [-0.2, -0.15) is 0 Å². The summed E-state index contributed by atoms with van der Waals surface area (Å²) >= 11 is 0. The molecule has 10 heavy (non-hydrogen) atoms. The lowest BCUT2D eigenvalue weighted by molar-refractivity contribution is 0.298. The second kappa shape index (κ2) is 4.81.